The molecule has 0 radical (unpaired) electrons. The van der Waals surface area contributed by atoms with E-state index < -0.39 is 0 Å². The average Bonchev–Trinajstić information content (AvgIpc) is 2.63. The SMILES string of the molecule is Cc1ccc(SCc2nnsc2Cl)c(C)c1. The molecule has 0 N–H and O–H groups in total. The molecule has 2 aromatic rings. The summed E-state index contributed by atoms with van der Waals surface area (Å²) in [6.45, 7) is 4.22. The fraction of sp³-hybridized carbons (Fsp3) is 0.273. The first-order valence-corrected chi connectivity index (χ1v) is 6.97. The van der Waals surface area contributed by atoms with E-state index in [4.69, 9.17) is 11.6 Å². The topological polar surface area (TPSA) is 25.8 Å². The van der Waals surface area contributed by atoms with Crippen LogP contribution in [0.15, 0.2) is 23.1 Å². The number of thioether (sulfide) groups is 1. The first-order chi connectivity index (χ1) is 7.66. The van der Waals surface area contributed by atoms with Gasteiger partial charge in [0.25, 0.3) is 0 Å². The molecular formula is C11H11ClN2S2. The third-order valence-electron chi connectivity index (χ3n) is 2.20. The molecule has 1 heterocycles. The van der Waals surface area contributed by atoms with Gasteiger partial charge in [0.05, 0.1) is 0 Å². The molecule has 0 atom stereocenters. The fourth-order valence-corrected chi connectivity index (χ4v) is 3.13. The average molecular weight is 271 g/mol. The quantitative estimate of drug-likeness (QED) is 0.786. The zero-order valence-corrected chi connectivity index (χ0v) is 11.4. The van der Waals surface area contributed by atoms with Crippen molar-refractivity contribution < 1.29 is 0 Å². The van der Waals surface area contributed by atoms with Crippen molar-refractivity contribution in [3.05, 3.63) is 39.4 Å². The molecule has 2 nitrogen and oxygen atoms in total. The van der Waals surface area contributed by atoms with Crippen LogP contribution >= 0.6 is 34.9 Å². The second-order valence-electron chi connectivity index (χ2n) is 3.55. The van der Waals surface area contributed by atoms with Crippen molar-refractivity contribution in [2.24, 2.45) is 0 Å². The lowest BCUT2D eigenvalue weighted by Gasteiger charge is -2.05. The maximum Gasteiger partial charge on any atom is 0.138 e. The lowest BCUT2D eigenvalue weighted by Crippen LogP contribution is -1.85. The van der Waals surface area contributed by atoms with Crippen LogP contribution < -0.4 is 0 Å². The second-order valence-corrected chi connectivity index (χ2v) is 5.92. The second kappa shape index (κ2) is 5.17. The number of halogens is 1. The number of aryl methyl sites for hydroxylation is 2. The molecule has 16 heavy (non-hydrogen) atoms. The van der Waals surface area contributed by atoms with Crippen molar-refractivity contribution in [3.8, 4) is 0 Å². The highest BCUT2D eigenvalue weighted by atomic mass is 35.5. The minimum Gasteiger partial charge on any atom is -0.141 e. The zero-order valence-electron chi connectivity index (χ0n) is 9.03. The molecule has 1 aromatic heterocycles. The molecule has 0 aliphatic rings. The van der Waals surface area contributed by atoms with Gasteiger partial charge >= 0.3 is 0 Å². The first-order valence-electron chi connectivity index (χ1n) is 4.83. The molecule has 0 unspecified atom stereocenters. The largest absolute Gasteiger partial charge is 0.141 e. The van der Waals surface area contributed by atoms with Crippen LogP contribution in [0.25, 0.3) is 0 Å². The minimum absolute atomic E-state index is 0.692. The number of hydrogen-bond donors (Lipinski definition) is 0. The van der Waals surface area contributed by atoms with Crippen LogP contribution in [0.2, 0.25) is 4.34 Å². The van der Waals surface area contributed by atoms with E-state index in [1.54, 1.807) is 11.8 Å². The summed E-state index contributed by atoms with van der Waals surface area (Å²) in [6.07, 6.45) is 0. The summed E-state index contributed by atoms with van der Waals surface area (Å²) >= 11 is 8.94. The highest BCUT2D eigenvalue weighted by Crippen LogP contribution is 2.29. The van der Waals surface area contributed by atoms with Crippen LogP contribution in [0.4, 0.5) is 0 Å². The standard InChI is InChI=1S/C11H11ClN2S2/c1-7-3-4-10(8(2)5-7)15-6-9-11(12)16-14-13-9/h3-5H,6H2,1-2H3. The number of nitrogens with zero attached hydrogens (tertiary/aromatic N) is 2. The molecule has 1 aromatic carbocycles. The Hall–Kier alpha value is -0.580. The Bertz CT molecular complexity index is 496. The van der Waals surface area contributed by atoms with Crippen molar-refractivity contribution in [1.29, 1.82) is 0 Å². The molecule has 5 heteroatoms. The van der Waals surface area contributed by atoms with Crippen LogP contribution in [0.5, 0.6) is 0 Å². The van der Waals surface area contributed by atoms with Gasteiger partial charge in [-0.15, -0.1) is 16.9 Å². The molecule has 0 spiro atoms. The van der Waals surface area contributed by atoms with E-state index in [0.717, 1.165) is 11.4 Å². The molecule has 0 bridgehead atoms. The summed E-state index contributed by atoms with van der Waals surface area (Å²) in [6, 6.07) is 6.45. The predicted molar refractivity (Wildman–Crippen MR) is 70.4 cm³/mol. The van der Waals surface area contributed by atoms with Crippen molar-refractivity contribution in [2.45, 2.75) is 24.5 Å². The molecule has 0 saturated heterocycles. The lowest BCUT2D eigenvalue weighted by molar-refractivity contribution is 1.07. The van der Waals surface area contributed by atoms with E-state index in [2.05, 4.69) is 41.6 Å². The van der Waals surface area contributed by atoms with E-state index in [1.807, 2.05) is 0 Å². The highest BCUT2D eigenvalue weighted by Gasteiger charge is 2.07. The molecule has 84 valence electrons. The fourth-order valence-electron chi connectivity index (χ4n) is 1.39. The van der Waals surface area contributed by atoms with Gasteiger partial charge in [0.2, 0.25) is 0 Å². The Kier molecular flexibility index (Phi) is 3.84. The summed E-state index contributed by atoms with van der Waals surface area (Å²) in [5.74, 6) is 0.777. The van der Waals surface area contributed by atoms with Gasteiger partial charge in [-0.05, 0) is 25.5 Å². The third kappa shape index (κ3) is 2.75. The van der Waals surface area contributed by atoms with Gasteiger partial charge in [-0.2, -0.15) is 0 Å². The first kappa shape index (κ1) is 11.9. The van der Waals surface area contributed by atoms with E-state index in [-0.39, 0.29) is 0 Å². The van der Waals surface area contributed by atoms with Crippen LogP contribution in [0.1, 0.15) is 16.8 Å². The minimum atomic E-state index is 0.692. The van der Waals surface area contributed by atoms with Gasteiger partial charge in [-0.3, -0.25) is 0 Å². The Labute approximate surface area is 108 Å². The smallest absolute Gasteiger partial charge is 0.138 e. The third-order valence-corrected chi connectivity index (χ3v) is 4.38. The van der Waals surface area contributed by atoms with Gasteiger partial charge in [0.15, 0.2) is 0 Å². The summed E-state index contributed by atoms with van der Waals surface area (Å²) in [5, 5.41) is 3.99. The van der Waals surface area contributed by atoms with Gasteiger partial charge in [-0.1, -0.05) is 33.8 Å². The molecule has 0 aliphatic carbocycles. The molecule has 0 aliphatic heterocycles. The molecule has 0 amide bonds. The number of rotatable bonds is 3. The summed E-state index contributed by atoms with van der Waals surface area (Å²) in [4.78, 5) is 1.27. The van der Waals surface area contributed by atoms with Gasteiger partial charge < -0.3 is 0 Å². The maximum atomic E-state index is 5.95. The summed E-state index contributed by atoms with van der Waals surface area (Å²) in [7, 11) is 0. The van der Waals surface area contributed by atoms with Crippen LogP contribution in [-0.4, -0.2) is 9.59 Å². The van der Waals surface area contributed by atoms with Crippen LogP contribution in [0.3, 0.4) is 0 Å². The van der Waals surface area contributed by atoms with E-state index in [9.17, 15) is 0 Å². The Morgan fingerprint density at radius 1 is 1.38 bits per heavy atom. The van der Waals surface area contributed by atoms with E-state index in [0.29, 0.717) is 4.34 Å². The molecule has 0 fully saturated rings. The highest BCUT2D eigenvalue weighted by molar-refractivity contribution is 7.98. The lowest BCUT2D eigenvalue weighted by atomic mass is 10.2. The van der Waals surface area contributed by atoms with Gasteiger partial charge in [0, 0.05) is 22.2 Å². The Morgan fingerprint density at radius 3 is 2.81 bits per heavy atom. The molecular weight excluding hydrogens is 260 g/mol. The Morgan fingerprint density at radius 2 is 2.19 bits per heavy atom. The van der Waals surface area contributed by atoms with E-state index in [1.165, 1.54) is 27.6 Å². The van der Waals surface area contributed by atoms with Crippen molar-refractivity contribution in [3.63, 3.8) is 0 Å². The summed E-state index contributed by atoms with van der Waals surface area (Å²) < 4.78 is 4.51. The maximum absolute atomic E-state index is 5.95. The van der Waals surface area contributed by atoms with Crippen molar-refractivity contribution in [1.82, 2.24) is 9.59 Å². The monoisotopic (exact) mass is 270 g/mol. The molecule has 2 rings (SSSR count). The zero-order chi connectivity index (χ0) is 11.5. The van der Waals surface area contributed by atoms with E-state index >= 15 is 0 Å². The Balaban J connectivity index is 2.08. The molecule has 0 saturated carbocycles. The number of aromatic nitrogens is 2. The van der Waals surface area contributed by atoms with Crippen molar-refractivity contribution >= 4 is 34.9 Å². The predicted octanol–water partition coefficient (Wildman–Crippen LogP) is 4.10. The van der Waals surface area contributed by atoms with Gasteiger partial charge in [-0.25, -0.2) is 0 Å². The normalized spacial score (nSPS) is 10.7. The number of hydrogen-bond acceptors (Lipinski definition) is 4. The van der Waals surface area contributed by atoms with Crippen LogP contribution in [-0.2, 0) is 5.75 Å². The van der Waals surface area contributed by atoms with Gasteiger partial charge in [0.1, 0.15) is 10.0 Å². The number of benzene rings is 1. The van der Waals surface area contributed by atoms with Crippen molar-refractivity contribution in [2.75, 3.05) is 0 Å². The summed E-state index contributed by atoms with van der Waals surface area (Å²) in [5.41, 5.74) is 3.45. The van der Waals surface area contributed by atoms with Crippen LogP contribution in [0, 0.1) is 13.8 Å².